The van der Waals surface area contributed by atoms with Crippen molar-refractivity contribution >= 4 is 28.6 Å². The average Bonchev–Trinajstić information content (AvgIpc) is 2.15. The van der Waals surface area contributed by atoms with E-state index in [1.165, 1.54) is 0 Å². The van der Waals surface area contributed by atoms with Crippen LogP contribution < -0.4 is 0 Å². The molecule has 0 aromatic heterocycles. The molecule has 0 unspecified atom stereocenters. The lowest BCUT2D eigenvalue weighted by Crippen LogP contribution is -1.93. The Morgan fingerprint density at radius 2 is 2.00 bits per heavy atom. The predicted octanol–water partition coefficient (Wildman–Crippen LogP) is 2.63. The molecule has 0 saturated carbocycles. The normalized spacial score (nSPS) is 11.3. The van der Waals surface area contributed by atoms with Gasteiger partial charge in [0, 0.05) is 0 Å². The van der Waals surface area contributed by atoms with E-state index in [9.17, 15) is 4.79 Å². The molecule has 3 heteroatoms. The fourth-order valence-corrected chi connectivity index (χ4v) is 1.13. The predicted molar refractivity (Wildman–Crippen MR) is 59.9 cm³/mol. The van der Waals surface area contributed by atoms with Crippen molar-refractivity contribution in [1.82, 2.24) is 0 Å². The van der Waals surface area contributed by atoms with Crippen molar-refractivity contribution in [3.05, 3.63) is 45.6 Å². The zero-order chi connectivity index (χ0) is 9.68. The summed E-state index contributed by atoms with van der Waals surface area (Å²) >= 11 is 1.82. The number of allylic oxidation sites excluding steroid dienone is 1. The fourth-order valence-electron chi connectivity index (χ4n) is 0.909. The minimum absolute atomic E-state index is 0.362. The number of halogens is 1. The molecule has 0 amide bonds. The van der Waals surface area contributed by atoms with Crippen molar-refractivity contribution in [3.8, 4) is 0 Å². The van der Waals surface area contributed by atoms with E-state index in [1.54, 1.807) is 6.08 Å². The molecule has 0 radical (unpaired) electrons. The Hall–Kier alpha value is -0.840. The van der Waals surface area contributed by atoms with E-state index < -0.39 is 5.97 Å². The Labute approximate surface area is 90.4 Å². The van der Waals surface area contributed by atoms with E-state index in [1.807, 2.05) is 52.9 Å². The van der Waals surface area contributed by atoms with Gasteiger partial charge in [0.15, 0.2) is 0 Å². The van der Waals surface area contributed by atoms with Gasteiger partial charge in [-0.05, 0) is 34.6 Å². The average molecular weight is 288 g/mol. The summed E-state index contributed by atoms with van der Waals surface area (Å²) in [6, 6.07) is 9.77. The van der Waals surface area contributed by atoms with E-state index in [0.29, 0.717) is 10.0 Å². The number of hydrogen-bond donors (Lipinski definition) is 1. The minimum Gasteiger partial charge on any atom is -0.477 e. The Bertz CT molecular complexity index is 317. The van der Waals surface area contributed by atoms with E-state index >= 15 is 0 Å². The van der Waals surface area contributed by atoms with Crippen LogP contribution in [0.1, 0.15) is 5.56 Å². The fraction of sp³-hybridized carbons (Fsp3) is 0.100. The number of hydrogen-bond acceptors (Lipinski definition) is 1. The zero-order valence-corrected chi connectivity index (χ0v) is 9.06. The summed E-state index contributed by atoms with van der Waals surface area (Å²) in [6.07, 6.45) is 2.38. The summed E-state index contributed by atoms with van der Waals surface area (Å²) in [4.78, 5) is 10.4. The monoisotopic (exact) mass is 288 g/mol. The van der Waals surface area contributed by atoms with Gasteiger partial charge in [-0.1, -0.05) is 36.4 Å². The van der Waals surface area contributed by atoms with Gasteiger partial charge in [-0.3, -0.25) is 0 Å². The van der Waals surface area contributed by atoms with Gasteiger partial charge >= 0.3 is 5.97 Å². The number of benzene rings is 1. The summed E-state index contributed by atoms with van der Waals surface area (Å²) in [7, 11) is 0. The quantitative estimate of drug-likeness (QED) is 0.685. The van der Waals surface area contributed by atoms with Gasteiger partial charge < -0.3 is 5.11 Å². The Morgan fingerprint density at radius 1 is 1.38 bits per heavy atom. The van der Waals surface area contributed by atoms with Gasteiger partial charge in [0.25, 0.3) is 0 Å². The van der Waals surface area contributed by atoms with Crippen LogP contribution in [0.2, 0.25) is 0 Å². The first-order chi connectivity index (χ1) is 6.20. The highest BCUT2D eigenvalue weighted by Gasteiger charge is 2.00. The summed E-state index contributed by atoms with van der Waals surface area (Å²) in [6.45, 7) is 0. The Balaban J connectivity index is 2.62. The van der Waals surface area contributed by atoms with Crippen molar-refractivity contribution in [2.45, 2.75) is 6.42 Å². The van der Waals surface area contributed by atoms with E-state index in [-0.39, 0.29) is 0 Å². The molecule has 68 valence electrons. The van der Waals surface area contributed by atoms with Crippen molar-refractivity contribution < 1.29 is 9.90 Å². The third-order valence-corrected chi connectivity index (χ3v) is 2.47. The topological polar surface area (TPSA) is 37.3 Å². The van der Waals surface area contributed by atoms with E-state index in [0.717, 1.165) is 5.56 Å². The lowest BCUT2D eigenvalue weighted by molar-refractivity contribution is -0.131. The number of carbonyl (C=O) groups is 1. The van der Waals surface area contributed by atoms with Crippen LogP contribution in [0.3, 0.4) is 0 Å². The first-order valence-corrected chi connectivity index (χ1v) is 4.91. The van der Waals surface area contributed by atoms with Gasteiger partial charge in [0.05, 0.1) is 3.58 Å². The molecule has 0 fully saturated rings. The van der Waals surface area contributed by atoms with Crippen LogP contribution in [0.15, 0.2) is 40.0 Å². The first-order valence-electron chi connectivity index (χ1n) is 3.83. The molecule has 2 nitrogen and oxygen atoms in total. The highest BCUT2D eigenvalue weighted by molar-refractivity contribution is 14.1. The standard InChI is InChI=1S/C10H9IO2/c11-9(10(12)13)7-6-8-4-2-1-3-5-8/h1-5,7H,6H2,(H,12,13). The van der Waals surface area contributed by atoms with Crippen molar-refractivity contribution in [1.29, 1.82) is 0 Å². The van der Waals surface area contributed by atoms with Gasteiger partial charge in [0.1, 0.15) is 0 Å². The lowest BCUT2D eigenvalue weighted by Gasteiger charge is -1.94. The lowest BCUT2D eigenvalue weighted by atomic mass is 10.1. The van der Waals surface area contributed by atoms with Crippen LogP contribution in [0.4, 0.5) is 0 Å². The summed E-state index contributed by atoms with van der Waals surface area (Å²) in [5, 5.41) is 8.58. The molecular formula is C10H9IO2. The number of carboxylic acids is 1. The largest absolute Gasteiger partial charge is 0.477 e. The van der Waals surface area contributed by atoms with Gasteiger partial charge in [-0.2, -0.15) is 0 Å². The summed E-state index contributed by atoms with van der Waals surface area (Å²) in [5.74, 6) is -0.864. The van der Waals surface area contributed by atoms with Crippen LogP contribution in [0.25, 0.3) is 0 Å². The van der Waals surface area contributed by atoms with Crippen molar-refractivity contribution in [2.75, 3.05) is 0 Å². The molecule has 1 N–H and O–H groups in total. The minimum atomic E-state index is -0.864. The second-order valence-corrected chi connectivity index (χ2v) is 3.71. The molecule has 0 aliphatic heterocycles. The maximum Gasteiger partial charge on any atom is 0.341 e. The summed E-state index contributed by atoms with van der Waals surface area (Å²) < 4.78 is 0.362. The zero-order valence-electron chi connectivity index (χ0n) is 6.90. The first kappa shape index (κ1) is 10.2. The van der Waals surface area contributed by atoms with E-state index in [4.69, 9.17) is 5.11 Å². The molecule has 1 aromatic carbocycles. The molecule has 13 heavy (non-hydrogen) atoms. The van der Waals surface area contributed by atoms with Crippen LogP contribution in [-0.2, 0) is 11.2 Å². The van der Waals surface area contributed by atoms with Crippen LogP contribution in [0.5, 0.6) is 0 Å². The van der Waals surface area contributed by atoms with Gasteiger partial charge in [-0.25, -0.2) is 4.79 Å². The molecule has 0 atom stereocenters. The smallest absolute Gasteiger partial charge is 0.341 e. The molecule has 0 aliphatic carbocycles. The third kappa shape index (κ3) is 3.59. The maximum atomic E-state index is 10.4. The molecule has 1 aromatic rings. The molecular weight excluding hydrogens is 279 g/mol. The highest BCUT2D eigenvalue weighted by atomic mass is 127. The maximum absolute atomic E-state index is 10.4. The molecule has 0 saturated heterocycles. The third-order valence-electron chi connectivity index (χ3n) is 1.56. The number of aliphatic carboxylic acids is 1. The highest BCUT2D eigenvalue weighted by Crippen LogP contribution is 2.08. The van der Waals surface area contributed by atoms with Crippen molar-refractivity contribution in [2.24, 2.45) is 0 Å². The second-order valence-electron chi connectivity index (χ2n) is 2.55. The SMILES string of the molecule is O=C(O)C(I)=CCc1ccccc1. The second kappa shape index (κ2) is 5.01. The number of rotatable bonds is 3. The van der Waals surface area contributed by atoms with E-state index in [2.05, 4.69) is 0 Å². The molecule has 0 heterocycles. The number of carboxylic acid groups (broad SMARTS) is 1. The van der Waals surface area contributed by atoms with Crippen LogP contribution >= 0.6 is 22.6 Å². The molecule has 0 bridgehead atoms. The molecule has 0 aliphatic rings. The Morgan fingerprint density at radius 3 is 2.54 bits per heavy atom. The van der Waals surface area contributed by atoms with Gasteiger partial charge in [0.2, 0.25) is 0 Å². The summed E-state index contributed by atoms with van der Waals surface area (Å²) in [5.41, 5.74) is 1.12. The van der Waals surface area contributed by atoms with Crippen LogP contribution in [-0.4, -0.2) is 11.1 Å². The van der Waals surface area contributed by atoms with Crippen molar-refractivity contribution in [3.63, 3.8) is 0 Å². The van der Waals surface area contributed by atoms with Crippen LogP contribution in [0, 0.1) is 0 Å². The molecule has 1 rings (SSSR count). The molecule has 0 spiro atoms. The Kier molecular flexibility index (Phi) is 3.95. The van der Waals surface area contributed by atoms with Gasteiger partial charge in [-0.15, -0.1) is 0 Å².